The van der Waals surface area contributed by atoms with Crippen LogP contribution < -0.4 is 5.32 Å². The van der Waals surface area contributed by atoms with E-state index in [-0.39, 0.29) is 29.9 Å². The number of amides is 1. The minimum Gasteiger partial charge on any atom is -0.327 e. The van der Waals surface area contributed by atoms with E-state index in [0.29, 0.717) is 31.2 Å². The maximum absolute atomic E-state index is 12.5. The third-order valence-corrected chi connectivity index (χ3v) is 7.34. The molecule has 0 bridgehead atoms. The first-order valence-electron chi connectivity index (χ1n) is 10.7. The molecule has 33 heavy (non-hydrogen) atoms. The molecule has 0 radical (unpaired) electrons. The molecule has 3 heterocycles. The number of nitriles is 1. The monoisotopic (exact) mass is 467 g/mol. The fourth-order valence-electron chi connectivity index (χ4n) is 3.97. The normalized spacial score (nSPS) is 16.9. The van der Waals surface area contributed by atoms with Gasteiger partial charge in [-0.3, -0.25) is 15.0 Å². The number of anilines is 1. The smallest absolute Gasteiger partial charge is 0.240 e. The fraction of sp³-hybridized carbons (Fsp3) is 0.409. The average Bonchev–Trinajstić information content (AvgIpc) is 3.16. The first-order chi connectivity index (χ1) is 15.8. The highest BCUT2D eigenvalue weighted by Gasteiger charge is 2.26. The van der Waals surface area contributed by atoms with Gasteiger partial charge in [-0.15, -0.1) is 0 Å². The molecule has 0 saturated carbocycles. The number of rotatable bonds is 6. The summed E-state index contributed by atoms with van der Waals surface area (Å²) in [5, 5.41) is 12.7. The van der Waals surface area contributed by atoms with Gasteiger partial charge in [-0.2, -0.15) is 5.26 Å². The summed E-state index contributed by atoms with van der Waals surface area (Å²) in [4.78, 5) is 27.7. The Morgan fingerprint density at radius 2 is 1.97 bits per heavy atom. The van der Waals surface area contributed by atoms with Crippen molar-refractivity contribution >= 4 is 32.7 Å². The standard InChI is InChI=1S/C22H25N7O3S/c1-3-29-18-7-5-4-6-17(18)25-21(29)16(12-23)20-15(2)13-24-22(27-20)26-19(30)14-28-8-10-33(31,32)11-9-28/h4-7,13,16H,3,8-11,14H2,1-2H3,(H,24,26,27,30). The highest BCUT2D eigenvalue weighted by molar-refractivity contribution is 7.91. The molecule has 1 saturated heterocycles. The van der Waals surface area contributed by atoms with E-state index in [0.717, 1.165) is 16.6 Å². The van der Waals surface area contributed by atoms with Crippen LogP contribution in [0.1, 0.15) is 29.9 Å². The maximum atomic E-state index is 12.5. The predicted octanol–water partition coefficient (Wildman–Crippen LogP) is 1.48. The number of hydrogen-bond acceptors (Lipinski definition) is 8. The molecule has 172 valence electrons. The van der Waals surface area contributed by atoms with Crippen molar-refractivity contribution in [2.45, 2.75) is 26.3 Å². The van der Waals surface area contributed by atoms with Crippen molar-refractivity contribution in [3.63, 3.8) is 0 Å². The zero-order valence-corrected chi connectivity index (χ0v) is 19.3. The number of carbonyl (C=O) groups is 1. The van der Waals surface area contributed by atoms with Gasteiger partial charge in [0.1, 0.15) is 11.7 Å². The summed E-state index contributed by atoms with van der Waals surface area (Å²) in [6.07, 6.45) is 1.58. The molecule has 4 rings (SSSR count). The van der Waals surface area contributed by atoms with Gasteiger partial charge in [0.15, 0.2) is 9.84 Å². The second-order valence-electron chi connectivity index (χ2n) is 8.00. The van der Waals surface area contributed by atoms with E-state index in [1.54, 1.807) is 11.1 Å². The summed E-state index contributed by atoms with van der Waals surface area (Å²) < 4.78 is 25.1. The lowest BCUT2D eigenvalue weighted by atomic mass is 10.0. The molecule has 11 heteroatoms. The van der Waals surface area contributed by atoms with Crippen molar-refractivity contribution in [2.24, 2.45) is 0 Å². The number of sulfone groups is 1. The highest BCUT2D eigenvalue weighted by atomic mass is 32.2. The Kier molecular flexibility index (Phi) is 6.40. The molecular weight excluding hydrogens is 442 g/mol. The molecular formula is C22H25N7O3S. The zero-order chi connectivity index (χ0) is 23.6. The van der Waals surface area contributed by atoms with Gasteiger partial charge in [-0.05, 0) is 31.5 Å². The Labute approximate surface area is 192 Å². The summed E-state index contributed by atoms with van der Waals surface area (Å²) in [6, 6.07) is 10.0. The summed E-state index contributed by atoms with van der Waals surface area (Å²) in [6.45, 7) is 5.15. The largest absolute Gasteiger partial charge is 0.327 e. The van der Waals surface area contributed by atoms with Crippen LogP contribution in [0.15, 0.2) is 30.5 Å². The van der Waals surface area contributed by atoms with Gasteiger partial charge < -0.3 is 4.57 Å². The topological polar surface area (TPSA) is 134 Å². The molecule has 1 aromatic carbocycles. The van der Waals surface area contributed by atoms with Gasteiger partial charge in [0.25, 0.3) is 0 Å². The zero-order valence-electron chi connectivity index (χ0n) is 18.5. The number of benzene rings is 1. The molecule has 1 unspecified atom stereocenters. The number of fused-ring (bicyclic) bond motifs is 1. The maximum Gasteiger partial charge on any atom is 0.240 e. The van der Waals surface area contributed by atoms with Gasteiger partial charge in [0.2, 0.25) is 11.9 Å². The molecule has 0 spiro atoms. The van der Waals surface area contributed by atoms with E-state index >= 15 is 0 Å². The quantitative estimate of drug-likeness (QED) is 0.576. The molecule has 1 aliphatic heterocycles. The Bertz CT molecular complexity index is 1330. The molecule has 1 N–H and O–H groups in total. The number of nitrogens with one attached hydrogen (secondary N) is 1. The van der Waals surface area contributed by atoms with Gasteiger partial charge >= 0.3 is 0 Å². The van der Waals surface area contributed by atoms with E-state index in [4.69, 9.17) is 0 Å². The summed E-state index contributed by atoms with van der Waals surface area (Å²) in [7, 11) is -3.01. The first kappa shape index (κ1) is 22.8. The first-order valence-corrected chi connectivity index (χ1v) is 12.5. The van der Waals surface area contributed by atoms with Gasteiger partial charge in [-0.25, -0.2) is 23.4 Å². The Morgan fingerprint density at radius 1 is 1.24 bits per heavy atom. The Balaban J connectivity index is 1.57. The van der Waals surface area contributed by atoms with Crippen LogP contribution in [-0.4, -0.2) is 69.9 Å². The van der Waals surface area contributed by atoms with Crippen molar-refractivity contribution < 1.29 is 13.2 Å². The molecule has 3 aromatic rings. The minimum atomic E-state index is -3.01. The van der Waals surface area contributed by atoms with E-state index in [1.165, 1.54) is 0 Å². The summed E-state index contributed by atoms with van der Waals surface area (Å²) in [5.41, 5.74) is 2.95. The van der Waals surface area contributed by atoms with Crippen LogP contribution >= 0.6 is 0 Å². The molecule has 1 fully saturated rings. The minimum absolute atomic E-state index is 0.0493. The SMILES string of the molecule is CCn1c(C(C#N)c2nc(NC(=O)CN3CCS(=O)(=O)CC3)ncc2C)nc2ccccc21. The second kappa shape index (κ2) is 9.25. The van der Waals surface area contributed by atoms with Gasteiger partial charge in [-0.1, -0.05) is 12.1 Å². The van der Waals surface area contributed by atoms with Gasteiger partial charge in [0, 0.05) is 25.8 Å². The van der Waals surface area contributed by atoms with Crippen LogP contribution in [0.5, 0.6) is 0 Å². The number of aryl methyl sites for hydroxylation is 2. The fourth-order valence-corrected chi connectivity index (χ4v) is 5.25. The third kappa shape index (κ3) is 4.86. The summed E-state index contributed by atoms with van der Waals surface area (Å²) >= 11 is 0. The molecule has 0 aliphatic carbocycles. The number of nitrogens with zero attached hydrogens (tertiary/aromatic N) is 6. The third-order valence-electron chi connectivity index (χ3n) is 5.73. The van der Waals surface area contributed by atoms with Crippen LogP contribution in [0.4, 0.5) is 5.95 Å². The van der Waals surface area contributed by atoms with Crippen molar-refractivity contribution in [1.82, 2.24) is 24.4 Å². The van der Waals surface area contributed by atoms with E-state index in [9.17, 15) is 18.5 Å². The molecule has 1 amide bonds. The van der Waals surface area contributed by atoms with Gasteiger partial charge in [0.05, 0.1) is 40.8 Å². The Morgan fingerprint density at radius 3 is 2.67 bits per heavy atom. The number of imidazole rings is 1. The number of aromatic nitrogens is 4. The average molecular weight is 468 g/mol. The number of carbonyl (C=O) groups excluding carboxylic acids is 1. The van der Waals surface area contributed by atoms with E-state index < -0.39 is 15.8 Å². The van der Waals surface area contributed by atoms with Crippen molar-refractivity contribution in [3.8, 4) is 6.07 Å². The van der Waals surface area contributed by atoms with Crippen molar-refractivity contribution in [3.05, 3.63) is 47.5 Å². The molecule has 10 nitrogen and oxygen atoms in total. The van der Waals surface area contributed by atoms with Crippen molar-refractivity contribution in [1.29, 1.82) is 5.26 Å². The lowest BCUT2D eigenvalue weighted by Gasteiger charge is -2.25. The van der Waals surface area contributed by atoms with Crippen LogP contribution in [0.25, 0.3) is 11.0 Å². The molecule has 1 aliphatic rings. The lowest BCUT2D eigenvalue weighted by molar-refractivity contribution is -0.117. The van der Waals surface area contributed by atoms with E-state index in [1.807, 2.05) is 42.7 Å². The van der Waals surface area contributed by atoms with Crippen LogP contribution in [-0.2, 0) is 21.2 Å². The van der Waals surface area contributed by atoms with Crippen molar-refractivity contribution in [2.75, 3.05) is 36.5 Å². The molecule has 2 aromatic heterocycles. The highest BCUT2D eigenvalue weighted by Crippen LogP contribution is 2.28. The van der Waals surface area contributed by atoms with Crippen LogP contribution in [0.2, 0.25) is 0 Å². The second-order valence-corrected chi connectivity index (χ2v) is 10.3. The Hall–Kier alpha value is -3.36. The van der Waals surface area contributed by atoms with Crippen LogP contribution in [0.3, 0.4) is 0 Å². The summed E-state index contributed by atoms with van der Waals surface area (Å²) in [5.74, 6) is -0.275. The predicted molar refractivity (Wildman–Crippen MR) is 123 cm³/mol. The number of hydrogen-bond donors (Lipinski definition) is 1. The van der Waals surface area contributed by atoms with Crippen LogP contribution in [0, 0.1) is 18.3 Å². The number of para-hydroxylation sites is 2. The van der Waals surface area contributed by atoms with E-state index in [2.05, 4.69) is 26.3 Å². The molecule has 1 atom stereocenters. The lowest BCUT2D eigenvalue weighted by Crippen LogP contribution is -2.44.